The van der Waals surface area contributed by atoms with Gasteiger partial charge in [-0.3, -0.25) is 4.98 Å². The van der Waals surface area contributed by atoms with Crippen molar-refractivity contribution in [2.45, 2.75) is 26.7 Å². The minimum atomic E-state index is 0.386. The summed E-state index contributed by atoms with van der Waals surface area (Å²) in [6.07, 6.45) is 3.51. The Morgan fingerprint density at radius 1 is 1.32 bits per heavy atom. The number of aromatic nitrogens is 3. The molecule has 0 unspecified atom stereocenters. The molecule has 0 spiro atoms. The highest BCUT2D eigenvalue weighted by atomic mass is 16.5. The van der Waals surface area contributed by atoms with Gasteiger partial charge in [0.1, 0.15) is 5.69 Å². The van der Waals surface area contributed by atoms with E-state index >= 15 is 0 Å². The van der Waals surface area contributed by atoms with Crippen molar-refractivity contribution in [1.82, 2.24) is 15.1 Å². The van der Waals surface area contributed by atoms with Crippen LogP contribution in [0.4, 0.5) is 0 Å². The van der Waals surface area contributed by atoms with Crippen molar-refractivity contribution in [1.29, 1.82) is 0 Å². The van der Waals surface area contributed by atoms with Gasteiger partial charge in [-0.05, 0) is 36.9 Å². The molecule has 0 aliphatic carbocycles. The topological polar surface area (TPSA) is 77.8 Å². The summed E-state index contributed by atoms with van der Waals surface area (Å²) in [7, 11) is 0. The molecule has 0 amide bonds. The lowest BCUT2D eigenvalue weighted by atomic mass is 9.94. The number of pyridine rings is 1. The molecule has 0 aliphatic heterocycles. The first kappa shape index (κ1) is 13.7. The zero-order valence-corrected chi connectivity index (χ0v) is 11.4. The highest BCUT2D eigenvalue weighted by Crippen LogP contribution is 2.18. The molecule has 19 heavy (non-hydrogen) atoms. The van der Waals surface area contributed by atoms with Crippen molar-refractivity contribution in [2.75, 3.05) is 6.54 Å². The lowest BCUT2D eigenvalue weighted by Gasteiger charge is -2.14. The van der Waals surface area contributed by atoms with Crippen LogP contribution in [0.3, 0.4) is 0 Å². The number of nitrogens with two attached hydrogens (primary N) is 1. The third kappa shape index (κ3) is 3.86. The van der Waals surface area contributed by atoms with Crippen LogP contribution in [0.2, 0.25) is 0 Å². The fraction of sp³-hybridized carbons (Fsp3) is 0.500. The summed E-state index contributed by atoms with van der Waals surface area (Å²) in [6, 6.07) is 5.63. The van der Waals surface area contributed by atoms with Crippen LogP contribution in [0.5, 0.6) is 0 Å². The van der Waals surface area contributed by atoms with Crippen LogP contribution >= 0.6 is 0 Å². The third-order valence-electron chi connectivity index (χ3n) is 2.96. The van der Waals surface area contributed by atoms with Gasteiger partial charge in [-0.15, -0.1) is 0 Å². The maximum absolute atomic E-state index is 5.78. The molecule has 0 bridgehead atoms. The molecule has 2 aromatic heterocycles. The molecule has 0 radical (unpaired) electrons. The number of hydrogen-bond acceptors (Lipinski definition) is 5. The van der Waals surface area contributed by atoms with Crippen LogP contribution < -0.4 is 5.73 Å². The molecular formula is C14H20N4O. The number of nitrogens with zero attached hydrogens (tertiary/aromatic N) is 3. The average molecular weight is 260 g/mol. The van der Waals surface area contributed by atoms with Gasteiger partial charge in [0.25, 0.3) is 0 Å². The highest BCUT2D eigenvalue weighted by molar-refractivity contribution is 5.46. The lowest BCUT2D eigenvalue weighted by molar-refractivity contribution is 0.332. The second-order valence-corrected chi connectivity index (χ2v) is 5.16. The van der Waals surface area contributed by atoms with E-state index in [2.05, 4.69) is 29.0 Å². The van der Waals surface area contributed by atoms with E-state index < -0.39 is 0 Å². The van der Waals surface area contributed by atoms with Crippen molar-refractivity contribution >= 4 is 0 Å². The first-order valence-electron chi connectivity index (χ1n) is 6.63. The maximum Gasteiger partial charge on any atom is 0.227 e. The molecule has 2 aromatic rings. The summed E-state index contributed by atoms with van der Waals surface area (Å²) >= 11 is 0. The van der Waals surface area contributed by atoms with Gasteiger partial charge in [0.15, 0.2) is 0 Å². The first-order chi connectivity index (χ1) is 9.19. The summed E-state index contributed by atoms with van der Waals surface area (Å²) in [4.78, 5) is 8.58. The van der Waals surface area contributed by atoms with Crippen LogP contribution in [-0.4, -0.2) is 21.7 Å². The van der Waals surface area contributed by atoms with Gasteiger partial charge in [0.2, 0.25) is 11.7 Å². The third-order valence-corrected chi connectivity index (χ3v) is 2.96. The van der Waals surface area contributed by atoms with Crippen LogP contribution in [0.25, 0.3) is 11.5 Å². The van der Waals surface area contributed by atoms with Gasteiger partial charge in [-0.25, -0.2) is 0 Å². The van der Waals surface area contributed by atoms with Gasteiger partial charge in [0, 0.05) is 12.6 Å². The zero-order chi connectivity index (χ0) is 13.7. The molecule has 102 valence electrons. The first-order valence-corrected chi connectivity index (χ1v) is 6.63. The molecule has 0 aromatic carbocycles. The molecule has 0 saturated carbocycles. The maximum atomic E-state index is 5.78. The molecule has 0 aliphatic rings. The van der Waals surface area contributed by atoms with Crippen LogP contribution in [0, 0.1) is 11.8 Å². The van der Waals surface area contributed by atoms with Crippen molar-refractivity contribution in [2.24, 2.45) is 17.6 Å². The van der Waals surface area contributed by atoms with E-state index in [0.717, 1.165) is 18.5 Å². The minimum absolute atomic E-state index is 0.386. The summed E-state index contributed by atoms with van der Waals surface area (Å²) in [5, 5.41) is 3.96. The summed E-state index contributed by atoms with van der Waals surface area (Å²) in [6.45, 7) is 5.02. The molecule has 1 atom stereocenters. The Labute approximate surface area is 113 Å². The molecule has 0 saturated heterocycles. The second kappa shape index (κ2) is 6.43. The Morgan fingerprint density at radius 2 is 2.16 bits per heavy atom. The Kier molecular flexibility index (Phi) is 4.63. The highest BCUT2D eigenvalue weighted by Gasteiger charge is 2.15. The van der Waals surface area contributed by atoms with E-state index in [-0.39, 0.29) is 0 Å². The molecule has 2 rings (SSSR count). The van der Waals surface area contributed by atoms with E-state index in [9.17, 15) is 0 Å². The van der Waals surface area contributed by atoms with Crippen LogP contribution in [-0.2, 0) is 6.42 Å². The second-order valence-electron chi connectivity index (χ2n) is 5.16. The minimum Gasteiger partial charge on any atom is -0.339 e. The van der Waals surface area contributed by atoms with E-state index in [0.29, 0.717) is 30.1 Å². The van der Waals surface area contributed by atoms with Gasteiger partial charge >= 0.3 is 0 Å². The Bertz CT molecular complexity index is 495. The smallest absolute Gasteiger partial charge is 0.227 e. The van der Waals surface area contributed by atoms with Crippen molar-refractivity contribution < 1.29 is 4.52 Å². The van der Waals surface area contributed by atoms with Gasteiger partial charge in [0.05, 0.1) is 0 Å². The Hall–Kier alpha value is -1.75. The van der Waals surface area contributed by atoms with Crippen LogP contribution in [0.1, 0.15) is 26.2 Å². The van der Waals surface area contributed by atoms with Gasteiger partial charge < -0.3 is 10.3 Å². The summed E-state index contributed by atoms with van der Waals surface area (Å²) < 4.78 is 5.28. The van der Waals surface area contributed by atoms with E-state index in [1.807, 2.05) is 18.2 Å². The Balaban J connectivity index is 2.05. The fourth-order valence-corrected chi connectivity index (χ4v) is 2.11. The lowest BCUT2D eigenvalue weighted by Crippen LogP contribution is -2.19. The van der Waals surface area contributed by atoms with E-state index in [1.54, 1.807) is 6.20 Å². The Morgan fingerprint density at radius 3 is 2.79 bits per heavy atom. The summed E-state index contributed by atoms with van der Waals surface area (Å²) in [5.41, 5.74) is 6.51. The average Bonchev–Trinajstić information content (AvgIpc) is 2.87. The van der Waals surface area contributed by atoms with Gasteiger partial charge in [-0.1, -0.05) is 25.1 Å². The normalized spacial score (nSPS) is 12.8. The number of hydrogen-bond donors (Lipinski definition) is 1. The van der Waals surface area contributed by atoms with Crippen molar-refractivity contribution in [3.63, 3.8) is 0 Å². The fourth-order valence-electron chi connectivity index (χ4n) is 2.11. The molecule has 2 N–H and O–H groups in total. The zero-order valence-electron chi connectivity index (χ0n) is 11.4. The standard InChI is InChI=1S/C14H20N4O/c1-10(2)7-11(9-15)8-13-17-14(18-19-13)12-5-3-4-6-16-12/h3-6,10-11H,7-9,15H2,1-2H3/t11-/m0/s1. The molecule has 5 heteroatoms. The molecule has 5 nitrogen and oxygen atoms in total. The quantitative estimate of drug-likeness (QED) is 0.862. The molecule has 2 heterocycles. The number of rotatable bonds is 6. The predicted octanol–water partition coefficient (Wildman–Crippen LogP) is 2.30. The predicted molar refractivity (Wildman–Crippen MR) is 73.2 cm³/mol. The van der Waals surface area contributed by atoms with E-state index in [1.165, 1.54) is 0 Å². The van der Waals surface area contributed by atoms with Crippen molar-refractivity contribution in [3.8, 4) is 11.5 Å². The van der Waals surface area contributed by atoms with Gasteiger partial charge in [-0.2, -0.15) is 4.98 Å². The monoisotopic (exact) mass is 260 g/mol. The SMILES string of the molecule is CC(C)C[C@H](CN)Cc1nc(-c2ccccn2)no1. The van der Waals surface area contributed by atoms with E-state index in [4.69, 9.17) is 10.3 Å². The summed E-state index contributed by atoms with van der Waals surface area (Å²) in [5.74, 6) is 2.18. The molecular weight excluding hydrogens is 240 g/mol. The molecule has 0 fully saturated rings. The van der Waals surface area contributed by atoms with Crippen molar-refractivity contribution in [3.05, 3.63) is 30.3 Å². The largest absolute Gasteiger partial charge is 0.339 e. The van der Waals surface area contributed by atoms with Crippen LogP contribution in [0.15, 0.2) is 28.9 Å².